The van der Waals surface area contributed by atoms with Crippen molar-refractivity contribution >= 4 is 33.5 Å². The van der Waals surface area contributed by atoms with E-state index in [9.17, 15) is 9.90 Å². The third-order valence-electron chi connectivity index (χ3n) is 6.62. The average molecular weight is 478 g/mol. The Morgan fingerprint density at radius 1 is 1.11 bits per heavy atom. The summed E-state index contributed by atoms with van der Waals surface area (Å²) < 4.78 is 14.4. The lowest BCUT2D eigenvalue weighted by atomic mass is 10.0. The van der Waals surface area contributed by atoms with E-state index in [0.717, 1.165) is 33.3 Å². The largest absolute Gasteiger partial charge is 0.485 e. The number of nitrogens with zero attached hydrogens (tertiary/aromatic N) is 3. The Morgan fingerprint density at radius 2 is 1.94 bits per heavy atom. The molecule has 0 radical (unpaired) electrons. The fourth-order valence-electron chi connectivity index (χ4n) is 4.68. The number of pyridine rings is 2. The second-order valence-corrected chi connectivity index (χ2v) is 8.93. The number of aromatic carboxylic acids is 1. The minimum atomic E-state index is -1.06. The van der Waals surface area contributed by atoms with Gasteiger partial charge >= 0.3 is 5.97 Å². The first-order chi connectivity index (χ1) is 17.4. The highest BCUT2D eigenvalue weighted by Crippen LogP contribution is 2.38. The molecule has 7 heteroatoms. The number of carbonyl (C=O) groups is 1. The van der Waals surface area contributed by atoms with Gasteiger partial charge in [-0.15, -0.1) is 0 Å². The van der Waals surface area contributed by atoms with Crippen LogP contribution < -0.4 is 4.74 Å². The molecule has 6 rings (SSSR count). The first-order valence-electron chi connectivity index (χ1n) is 11.7. The molecule has 7 nitrogen and oxygen atoms in total. The van der Waals surface area contributed by atoms with E-state index >= 15 is 0 Å². The molecule has 1 atom stereocenters. The van der Waals surface area contributed by atoms with Gasteiger partial charge in [-0.05, 0) is 50.6 Å². The molecule has 0 spiro atoms. The van der Waals surface area contributed by atoms with Crippen molar-refractivity contribution in [3.8, 4) is 17.2 Å². The summed E-state index contributed by atoms with van der Waals surface area (Å²) in [5.41, 5.74) is 5.45. The van der Waals surface area contributed by atoms with Crippen LogP contribution in [0.15, 0.2) is 77.6 Å². The SMILES string of the molecule is Cc1c(-c2cc(C(=O)O)c3c(OC(C)c4ccc5nccn5c4)ccc(C)c3n2)oc2ccccc12. The lowest BCUT2D eigenvalue weighted by Gasteiger charge is -2.19. The molecule has 0 aliphatic heterocycles. The molecule has 6 aromatic rings. The van der Waals surface area contributed by atoms with Crippen LogP contribution in [0.4, 0.5) is 0 Å². The molecule has 0 aliphatic rings. The molecule has 0 saturated carbocycles. The van der Waals surface area contributed by atoms with Gasteiger partial charge in [0.15, 0.2) is 5.76 Å². The average Bonchev–Trinajstić information content (AvgIpc) is 3.49. The number of furan rings is 1. The smallest absolute Gasteiger partial charge is 0.336 e. The molecule has 1 N–H and O–H groups in total. The Kier molecular flexibility index (Phi) is 5.00. The summed E-state index contributed by atoms with van der Waals surface area (Å²) in [5, 5.41) is 11.6. The second kappa shape index (κ2) is 8.23. The van der Waals surface area contributed by atoms with E-state index in [1.54, 1.807) is 12.3 Å². The van der Waals surface area contributed by atoms with Gasteiger partial charge in [-0.3, -0.25) is 0 Å². The molecule has 0 saturated heterocycles. The monoisotopic (exact) mass is 477 g/mol. The molecule has 1 unspecified atom stereocenters. The molecule has 0 amide bonds. The normalized spacial score (nSPS) is 12.4. The fourth-order valence-corrected chi connectivity index (χ4v) is 4.68. The number of aryl methyl sites for hydroxylation is 2. The summed E-state index contributed by atoms with van der Waals surface area (Å²) in [6.45, 7) is 5.80. The van der Waals surface area contributed by atoms with Crippen LogP contribution in [0.2, 0.25) is 0 Å². The van der Waals surface area contributed by atoms with Crippen molar-refractivity contribution in [3.63, 3.8) is 0 Å². The molecule has 178 valence electrons. The van der Waals surface area contributed by atoms with Crippen LogP contribution in [-0.4, -0.2) is 25.4 Å². The summed E-state index contributed by atoms with van der Waals surface area (Å²) in [5.74, 6) is -0.0275. The number of carboxylic acid groups (broad SMARTS) is 1. The number of imidazole rings is 1. The van der Waals surface area contributed by atoms with Gasteiger partial charge in [-0.25, -0.2) is 14.8 Å². The fraction of sp³-hybridized carbons (Fsp3) is 0.138. The molecule has 0 bridgehead atoms. The maximum absolute atomic E-state index is 12.5. The highest BCUT2D eigenvalue weighted by Gasteiger charge is 2.22. The zero-order chi connectivity index (χ0) is 25.0. The Balaban J connectivity index is 1.49. The van der Waals surface area contributed by atoms with Crippen molar-refractivity contribution in [2.75, 3.05) is 0 Å². The van der Waals surface area contributed by atoms with Gasteiger partial charge < -0.3 is 18.7 Å². The second-order valence-electron chi connectivity index (χ2n) is 8.93. The van der Waals surface area contributed by atoms with Crippen LogP contribution in [-0.2, 0) is 0 Å². The third kappa shape index (κ3) is 3.48. The van der Waals surface area contributed by atoms with Gasteiger partial charge in [0.1, 0.15) is 28.8 Å². The molecule has 2 aromatic carbocycles. The van der Waals surface area contributed by atoms with Crippen molar-refractivity contribution in [2.45, 2.75) is 26.9 Å². The molecule has 4 heterocycles. The summed E-state index contributed by atoms with van der Waals surface area (Å²) in [4.78, 5) is 21.6. The highest BCUT2D eigenvalue weighted by molar-refractivity contribution is 6.07. The number of aromatic nitrogens is 3. The van der Waals surface area contributed by atoms with E-state index in [-0.39, 0.29) is 11.7 Å². The van der Waals surface area contributed by atoms with Crippen LogP contribution in [0, 0.1) is 13.8 Å². The van der Waals surface area contributed by atoms with Crippen molar-refractivity contribution in [3.05, 3.63) is 95.4 Å². The van der Waals surface area contributed by atoms with Crippen LogP contribution >= 0.6 is 0 Å². The number of hydrogen-bond donors (Lipinski definition) is 1. The summed E-state index contributed by atoms with van der Waals surface area (Å²) in [7, 11) is 0. The lowest BCUT2D eigenvalue weighted by molar-refractivity contribution is 0.0698. The minimum Gasteiger partial charge on any atom is -0.485 e. The first kappa shape index (κ1) is 21.9. The number of para-hydroxylation sites is 1. The summed E-state index contributed by atoms with van der Waals surface area (Å²) in [6, 6.07) is 16.9. The third-order valence-corrected chi connectivity index (χ3v) is 6.62. The number of hydrogen-bond acceptors (Lipinski definition) is 5. The lowest BCUT2D eigenvalue weighted by Crippen LogP contribution is -2.07. The van der Waals surface area contributed by atoms with E-state index in [1.807, 2.05) is 86.1 Å². The van der Waals surface area contributed by atoms with E-state index in [0.29, 0.717) is 28.1 Å². The predicted octanol–water partition coefficient (Wildman–Crippen LogP) is 6.75. The first-order valence-corrected chi connectivity index (χ1v) is 11.7. The van der Waals surface area contributed by atoms with E-state index in [4.69, 9.17) is 14.1 Å². The van der Waals surface area contributed by atoms with Crippen molar-refractivity contribution in [1.29, 1.82) is 0 Å². The molecule has 4 aromatic heterocycles. The van der Waals surface area contributed by atoms with Gasteiger partial charge in [0, 0.05) is 35.1 Å². The number of benzene rings is 2. The molecule has 0 fully saturated rings. The van der Waals surface area contributed by atoms with Crippen molar-refractivity contribution in [2.24, 2.45) is 0 Å². The van der Waals surface area contributed by atoms with Crippen molar-refractivity contribution < 1.29 is 19.1 Å². The number of carboxylic acids is 1. The van der Waals surface area contributed by atoms with Crippen LogP contribution in [0.1, 0.15) is 40.1 Å². The Morgan fingerprint density at radius 3 is 2.75 bits per heavy atom. The highest BCUT2D eigenvalue weighted by atomic mass is 16.5. The molecule has 0 aliphatic carbocycles. The standard InChI is InChI=1S/C29H23N3O4/c1-16-8-10-24(35-18(3)19-9-11-25-30-12-13-32(25)15-19)26-21(29(33)34)14-22(31-27(16)26)28-17(2)20-6-4-5-7-23(20)36-28/h4-15,18H,1-3H3,(H,33,34). The van der Waals surface area contributed by atoms with Gasteiger partial charge in [0.05, 0.1) is 16.5 Å². The van der Waals surface area contributed by atoms with E-state index in [2.05, 4.69) is 4.98 Å². The Hall–Kier alpha value is -4.65. The Labute approximate surface area is 206 Å². The van der Waals surface area contributed by atoms with Crippen LogP contribution in [0.3, 0.4) is 0 Å². The molecular formula is C29H23N3O4. The zero-order valence-electron chi connectivity index (χ0n) is 20.0. The van der Waals surface area contributed by atoms with Gasteiger partial charge in [-0.1, -0.05) is 30.3 Å². The zero-order valence-corrected chi connectivity index (χ0v) is 20.0. The predicted molar refractivity (Wildman–Crippen MR) is 138 cm³/mol. The minimum absolute atomic E-state index is 0.116. The topological polar surface area (TPSA) is 89.9 Å². The Bertz CT molecular complexity index is 1800. The number of ether oxygens (including phenoxy) is 1. The van der Waals surface area contributed by atoms with E-state index in [1.165, 1.54) is 0 Å². The van der Waals surface area contributed by atoms with Gasteiger partial charge in [-0.2, -0.15) is 0 Å². The molecule has 36 heavy (non-hydrogen) atoms. The maximum Gasteiger partial charge on any atom is 0.336 e. The maximum atomic E-state index is 12.5. The number of rotatable bonds is 5. The van der Waals surface area contributed by atoms with Gasteiger partial charge in [0.2, 0.25) is 0 Å². The quantitative estimate of drug-likeness (QED) is 0.295. The summed E-state index contributed by atoms with van der Waals surface area (Å²) >= 11 is 0. The van der Waals surface area contributed by atoms with E-state index < -0.39 is 5.97 Å². The number of fused-ring (bicyclic) bond motifs is 3. The van der Waals surface area contributed by atoms with Crippen LogP contribution in [0.5, 0.6) is 5.75 Å². The van der Waals surface area contributed by atoms with Crippen molar-refractivity contribution in [1.82, 2.24) is 14.4 Å². The summed E-state index contributed by atoms with van der Waals surface area (Å²) in [6.07, 6.45) is 5.24. The molecular weight excluding hydrogens is 454 g/mol. The van der Waals surface area contributed by atoms with Crippen LogP contribution in [0.25, 0.3) is 39.0 Å². The van der Waals surface area contributed by atoms with Gasteiger partial charge in [0.25, 0.3) is 0 Å².